The van der Waals surface area contributed by atoms with Crippen molar-refractivity contribution in [3.63, 3.8) is 0 Å². The van der Waals surface area contributed by atoms with E-state index in [0.29, 0.717) is 4.83 Å². The summed E-state index contributed by atoms with van der Waals surface area (Å²) in [4.78, 5) is 12.3. The second-order valence-electron chi connectivity index (χ2n) is 4.31. The number of hydrogen-bond acceptors (Lipinski definition) is 2. The minimum absolute atomic E-state index is 0.159. The summed E-state index contributed by atoms with van der Waals surface area (Å²) in [5.74, 6) is 0.353. The second kappa shape index (κ2) is 6.48. The minimum Gasteiger partial charge on any atom is -0.381 e. The van der Waals surface area contributed by atoms with E-state index >= 15 is 0 Å². The lowest BCUT2D eigenvalue weighted by atomic mass is 9.99. The summed E-state index contributed by atoms with van der Waals surface area (Å²) in [6, 6.07) is 0.245. The molecular formula is C11H20BrNO2. The van der Waals surface area contributed by atoms with E-state index < -0.39 is 0 Å². The summed E-state index contributed by atoms with van der Waals surface area (Å²) in [7, 11) is 0. The predicted molar refractivity (Wildman–Crippen MR) is 64.2 cm³/mol. The Kier molecular flexibility index (Phi) is 5.61. The molecular weight excluding hydrogens is 258 g/mol. The van der Waals surface area contributed by atoms with Crippen LogP contribution in [-0.2, 0) is 9.53 Å². The predicted octanol–water partition coefficient (Wildman–Crippen LogP) is 2.09. The quantitative estimate of drug-likeness (QED) is 0.800. The van der Waals surface area contributed by atoms with Gasteiger partial charge >= 0.3 is 0 Å². The zero-order chi connectivity index (χ0) is 11.3. The van der Waals surface area contributed by atoms with Gasteiger partial charge in [-0.15, -0.1) is 0 Å². The highest BCUT2D eigenvalue weighted by Crippen LogP contribution is 2.15. The molecule has 88 valence electrons. The molecule has 0 saturated carbocycles. The van der Waals surface area contributed by atoms with E-state index in [2.05, 4.69) is 35.1 Å². The molecule has 1 aliphatic heterocycles. The van der Waals surface area contributed by atoms with Crippen molar-refractivity contribution in [1.82, 2.24) is 5.32 Å². The Morgan fingerprint density at radius 1 is 1.47 bits per heavy atom. The molecule has 0 spiro atoms. The molecule has 0 bridgehead atoms. The maximum Gasteiger partial charge on any atom is 0.223 e. The number of hydrogen-bond donors (Lipinski definition) is 1. The number of ether oxygens (including phenoxy) is 1. The number of carbonyl (C=O) groups is 1. The summed E-state index contributed by atoms with van der Waals surface area (Å²) >= 11 is 3.49. The van der Waals surface area contributed by atoms with Crippen LogP contribution in [0.25, 0.3) is 0 Å². The third kappa shape index (κ3) is 4.98. The fourth-order valence-corrected chi connectivity index (χ4v) is 2.43. The number of halogens is 1. The number of rotatable bonds is 4. The van der Waals surface area contributed by atoms with Crippen LogP contribution in [0.2, 0.25) is 0 Å². The van der Waals surface area contributed by atoms with Gasteiger partial charge in [0, 0.05) is 30.0 Å². The van der Waals surface area contributed by atoms with Crippen LogP contribution in [0.5, 0.6) is 0 Å². The van der Waals surface area contributed by atoms with Crippen molar-refractivity contribution in [3.8, 4) is 0 Å². The first-order chi connectivity index (χ1) is 7.09. The molecule has 4 heteroatoms. The van der Waals surface area contributed by atoms with E-state index in [9.17, 15) is 4.79 Å². The van der Waals surface area contributed by atoms with Crippen molar-refractivity contribution in [2.45, 2.75) is 44.0 Å². The molecule has 0 aliphatic carbocycles. The van der Waals surface area contributed by atoms with Gasteiger partial charge in [-0.05, 0) is 26.2 Å². The van der Waals surface area contributed by atoms with Crippen LogP contribution in [0, 0.1) is 5.92 Å². The monoisotopic (exact) mass is 277 g/mol. The molecule has 1 aliphatic rings. The van der Waals surface area contributed by atoms with Gasteiger partial charge in [0.15, 0.2) is 0 Å². The molecule has 3 nitrogen and oxygen atoms in total. The molecule has 1 heterocycles. The maximum atomic E-state index is 11.8. The topological polar surface area (TPSA) is 38.3 Å². The largest absolute Gasteiger partial charge is 0.381 e. The minimum atomic E-state index is 0.159. The highest BCUT2D eigenvalue weighted by atomic mass is 79.9. The van der Waals surface area contributed by atoms with Gasteiger partial charge in [-0.3, -0.25) is 4.79 Å². The fourth-order valence-electron chi connectivity index (χ4n) is 1.87. The Balaban J connectivity index is 2.27. The lowest BCUT2D eigenvalue weighted by Gasteiger charge is -2.23. The zero-order valence-electron chi connectivity index (χ0n) is 9.46. The molecule has 1 fully saturated rings. The Labute approximate surface area is 100 Å². The molecule has 0 aromatic carbocycles. The van der Waals surface area contributed by atoms with Crippen LogP contribution in [0.3, 0.4) is 0 Å². The van der Waals surface area contributed by atoms with Gasteiger partial charge in [0.1, 0.15) is 0 Å². The van der Waals surface area contributed by atoms with Gasteiger partial charge in [-0.25, -0.2) is 0 Å². The Bertz CT molecular complexity index is 203. The Morgan fingerprint density at radius 2 is 2.07 bits per heavy atom. The average Bonchev–Trinajstić information content (AvgIpc) is 2.17. The first-order valence-electron chi connectivity index (χ1n) is 5.61. The molecule has 0 aromatic rings. The van der Waals surface area contributed by atoms with Gasteiger partial charge in [0.25, 0.3) is 0 Å². The molecule has 2 unspecified atom stereocenters. The van der Waals surface area contributed by atoms with Gasteiger partial charge in [-0.2, -0.15) is 0 Å². The number of nitrogens with one attached hydrogen (secondary N) is 1. The number of alkyl halides is 1. The molecule has 0 radical (unpaired) electrons. The standard InChI is InChI=1S/C11H20BrNO2/c1-8(12)7-9(2)13-11(14)10-3-5-15-6-4-10/h8-10H,3-7H2,1-2H3,(H,13,14). The SMILES string of the molecule is CC(Br)CC(C)NC(=O)C1CCOCC1. The fraction of sp³-hybridized carbons (Fsp3) is 0.909. The summed E-state index contributed by atoms with van der Waals surface area (Å²) in [6.45, 7) is 5.59. The van der Waals surface area contributed by atoms with E-state index in [1.54, 1.807) is 0 Å². The first-order valence-corrected chi connectivity index (χ1v) is 6.53. The lowest BCUT2D eigenvalue weighted by molar-refractivity contribution is -0.128. The van der Waals surface area contributed by atoms with Crippen molar-refractivity contribution in [2.24, 2.45) is 5.92 Å². The van der Waals surface area contributed by atoms with Crippen LogP contribution in [0.1, 0.15) is 33.1 Å². The van der Waals surface area contributed by atoms with E-state index in [0.717, 1.165) is 32.5 Å². The van der Waals surface area contributed by atoms with Crippen molar-refractivity contribution >= 4 is 21.8 Å². The highest BCUT2D eigenvalue weighted by Gasteiger charge is 2.22. The van der Waals surface area contributed by atoms with E-state index in [4.69, 9.17) is 4.74 Å². The molecule has 0 aromatic heterocycles. The molecule has 1 N–H and O–H groups in total. The molecule has 1 rings (SSSR count). The summed E-state index contributed by atoms with van der Waals surface area (Å²) in [5.41, 5.74) is 0. The third-order valence-electron chi connectivity index (χ3n) is 2.66. The Hall–Kier alpha value is -0.0900. The number of carbonyl (C=O) groups excluding carboxylic acids is 1. The van der Waals surface area contributed by atoms with E-state index in [1.165, 1.54) is 0 Å². The van der Waals surface area contributed by atoms with Gasteiger partial charge in [0.05, 0.1) is 0 Å². The van der Waals surface area contributed by atoms with Gasteiger partial charge in [0.2, 0.25) is 5.91 Å². The van der Waals surface area contributed by atoms with Crippen molar-refractivity contribution in [1.29, 1.82) is 0 Å². The summed E-state index contributed by atoms with van der Waals surface area (Å²) in [5, 5.41) is 3.06. The lowest BCUT2D eigenvalue weighted by Crippen LogP contribution is -2.40. The highest BCUT2D eigenvalue weighted by molar-refractivity contribution is 9.09. The second-order valence-corrected chi connectivity index (χ2v) is 5.88. The molecule has 1 amide bonds. The number of amides is 1. The molecule has 15 heavy (non-hydrogen) atoms. The molecule has 1 saturated heterocycles. The third-order valence-corrected chi connectivity index (χ3v) is 3.03. The van der Waals surface area contributed by atoms with Crippen LogP contribution in [0.4, 0.5) is 0 Å². The summed E-state index contributed by atoms with van der Waals surface area (Å²) < 4.78 is 5.23. The normalized spacial score (nSPS) is 22.1. The first kappa shape index (κ1) is 13.0. The zero-order valence-corrected chi connectivity index (χ0v) is 11.0. The van der Waals surface area contributed by atoms with Crippen LogP contribution < -0.4 is 5.32 Å². The maximum absolute atomic E-state index is 11.8. The van der Waals surface area contributed by atoms with Crippen LogP contribution in [0.15, 0.2) is 0 Å². The molecule has 2 atom stereocenters. The van der Waals surface area contributed by atoms with Crippen molar-refractivity contribution in [3.05, 3.63) is 0 Å². The average molecular weight is 278 g/mol. The van der Waals surface area contributed by atoms with Crippen molar-refractivity contribution < 1.29 is 9.53 Å². The van der Waals surface area contributed by atoms with E-state index in [-0.39, 0.29) is 17.9 Å². The summed E-state index contributed by atoms with van der Waals surface area (Å²) in [6.07, 6.45) is 2.69. The van der Waals surface area contributed by atoms with E-state index in [1.807, 2.05) is 0 Å². The van der Waals surface area contributed by atoms with Gasteiger partial charge < -0.3 is 10.1 Å². The van der Waals surface area contributed by atoms with Crippen LogP contribution >= 0.6 is 15.9 Å². The van der Waals surface area contributed by atoms with Gasteiger partial charge in [-0.1, -0.05) is 22.9 Å². The van der Waals surface area contributed by atoms with Crippen molar-refractivity contribution in [2.75, 3.05) is 13.2 Å². The van der Waals surface area contributed by atoms with Crippen LogP contribution in [-0.4, -0.2) is 30.0 Å². The Morgan fingerprint density at radius 3 is 2.60 bits per heavy atom. The smallest absolute Gasteiger partial charge is 0.223 e.